The molecule has 0 aliphatic heterocycles. The summed E-state index contributed by atoms with van der Waals surface area (Å²) in [5.74, 6) is 0.965. The van der Waals surface area contributed by atoms with E-state index in [0.29, 0.717) is 21.9 Å². The Morgan fingerprint density at radius 1 is 1.29 bits per heavy atom. The maximum Gasteiger partial charge on any atom is 0.129 e. The molecular formula is C15H8Cl2IN3. The molecule has 0 radical (unpaired) electrons. The predicted octanol–water partition coefficient (Wildman–Crippen LogP) is 4.89. The first-order valence-electron chi connectivity index (χ1n) is 6.07. The minimum absolute atomic E-state index is 0.262. The zero-order valence-corrected chi connectivity index (χ0v) is 14.3. The fourth-order valence-electron chi connectivity index (χ4n) is 2.26. The van der Waals surface area contributed by atoms with Crippen molar-refractivity contribution in [3.8, 4) is 11.8 Å². The van der Waals surface area contributed by atoms with Crippen molar-refractivity contribution in [2.75, 3.05) is 0 Å². The molecule has 0 spiro atoms. The SMILES string of the molecule is N#Cc1cccc2c1nc(CCl)n2-c1ccc(Cl)cc1I. The Morgan fingerprint density at radius 3 is 2.76 bits per heavy atom. The number of nitrogens with zero attached hydrogens (tertiary/aromatic N) is 3. The molecule has 0 amide bonds. The normalized spacial score (nSPS) is 10.8. The van der Waals surface area contributed by atoms with Crippen LogP contribution < -0.4 is 0 Å². The highest BCUT2D eigenvalue weighted by Gasteiger charge is 2.16. The maximum atomic E-state index is 9.22. The molecule has 0 aliphatic carbocycles. The van der Waals surface area contributed by atoms with Crippen LogP contribution in [-0.4, -0.2) is 9.55 Å². The monoisotopic (exact) mass is 427 g/mol. The van der Waals surface area contributed by atoms with Crippen molar-refractivity contribution in [3.63, 3.8) is 0 Å². The highest BCUT2D eigenvalue weighted by atomic mass is 127. The molecule has 3 aromatic rings. The minimum Gasteiger partial charge on any atom is -0.294 e. The van der Waals surface area contributed by atoms with Crippen LogP contribution in [0, 0.1) is 14.9 Å². The summed E-state index contributed by atoms with van der Waals surface area (Å²) in [5, 5.41) is 9.90. The molecule has 104 valence electrons. The van der Waals surface area contributed by atoms with Gasteiger partial charge in [0.1, 0.15) is 17.4 Å². The predicted molar refractivity (Wildman–Crippen MR) is 93.1 cm³/mol. The molecule has 1 heterocycles. The molecule has 0 N–H and O–H groups in total. The van der Waals surface area contributed by atoms with Crippen LogP contribution in [0.3, 0.4) is 0 Å². The van der Waals surface area contributed by atoms with Gasteiger partial charge in [0.2, 0.25) is 0 Å². The average molecular weight is 428 g/mol. The summed E-state index contributed by atoms with van der Waals surface area (Å²) in [7, 11) is 0. The summed E-state index contributed by atoms with van der Waals surface area (Å²) in [6.07, 6.45) is 0. The van der Waals surface area contributed by atoms with Gasteiger partial charge < -0.3 is 0 Å². The molecule has 0 aliphatic rings. The Hall–Kier alpha value is -1.29. The van der Waals surface area contributed by atoms with E-state index in [4.69, 9.17) is 23.2 Å². The average Bonchev–Trinajstić information content (AvgIpc) is 2.85. The van der Waals surface area contributed by atoms with E-state index in [2.05, 4.69) is 33.6 Å². The van der Waals surface area contributed by atoms with Crippen LogP contribution >= 0.6 is 45.8 Å². The third-order valence-corrected chi connectivity index (χ3v) is 4.48. The lowest BCUT2D eigenvalue weighted by atomic mass is 10.2. The number of hydrogen-bond acceptors (Lipinski definition) is 2. The van der Waals surface area contributed by atoms with Gasteiger partial charge in [0.05, 0.1) is 22.6 Å². The molecule has 0 atom stereocenters. The van der Waals surface area contributed by atoms with Crippen LogP contribution in [0.15, 0.2) is 36.4 Å². The highest BCUT2D eigenvalue weighted by molar-refractivity contribution is 14.1. The Kier molecular flexibility index (Phi) is 4.07. The molecule has 2 aromatic carbocycles. The van der Waals surface area contributed by atoms with Crippen molar-refractivity contribution in [1.82, 2.24) is 9.55 Å². The second-order valence-corrected chi connectivity index (χ2v) is 6.24. The van der Waals surface area contributed by atoms with Crippen LogP contribution in [0.1, 0.15) is 11.4 Å². The van der Waals surface area contributed by atoms with Gasteiger partial charge in [-0.05, 0) is 52.9 Å². The number of halogens is 3. The van der Waals surface area contributed by atoms with Crippen molar-refractivity contribution in [1.29, 1.82) is 5.26 Å². The Balaban J connectivity index is 2.39. The van der Waals surface area contributed by atoms with Gasteiger partial charge in [-0.1, -0.05) is 17.7 Å². The molecule has 1 aromatic heterocycles. The lowest BCUT2D eigenvalue weighted by Crippen LogP contribution is -2.01. The van der Waals surface area contributed by atoms with Crippen LogP contribution in [0.5, 0.6) is 0 Å². The number of hydrogen-bond donors (Lipinski definition) is 0. The van der Waals surface area contributed by atoms with Crippen LogP contribution in [0.4, 0.5) is 0 Å². The van der Waals surface area contributed by atoms with Gasteiger partial charge in [-0.3, -0.25) is 4.57 Å². The first kappa shape index (κ1) is 14.6. The maximum absolute atomic E-state index is 9.22. The molecule has 0 saturated carbocycles. The minimum atomic E-state index is 0.262. The summed E-state index contributed by atoms with van der Waals surface area (Å²) in [6, 6.07) is 13.3. The highest BCUT2D eigenvalue weighted by Crippen LogP contribution is 2.29. The zero-order valence-electron chi connectivity index (χ0n) is 10.6. The number of rotatable bonds is 2. The third-order valence-electron chi connectivity index (χ3n) is 3.15. The molecule has 3 nitrogen and oxygen atoms in total. The molecule has 3 rings (SSSR count). The number of fused-ring (bicyclic) bond motifs is 1. The van der Waals surface area contributed by atoms with E-state index in [1.165, 1.54) is 0 Å². The summed E-state index contributed by atoms with van der Waals surface area (Å²) in [6.45, 7) is 0. The Morgan fingerprint density at radius 2 is 2.10 bits per heavy atom. The van der Waals surface area contributed by atoms with Crippen molar-refractivity contribution >= 4 is 56.8 Å². The van der Waals surface area contributed by atoms with E-state index >= 15 is 0 Å². The molecular weight excluding hydrogens is 420 g/mol. The van der Waals surface area contributed by atoms with Crippen molar-refractivity contribution < 1.29 is 0 Å². The molecule has 0 bridgehead atoms. The smallest absolute Gasteiger partial charge is 0.129 e. The number of nitriles is 1. The topological polar surface area (TPSA) is 41.6 Å². The van der Waals surface area contributed by atoms with Crippen molar-refractivity contribution in [2.24, 2.45) is 0 Å². The van der Waals surface area contributed by atoms with Gasteiger partial charge in [-0.15, -0.1) is 11.6 Å². The molecule has 21 heavy (non-hydrogen) atoms. The van der Waals surface area contributed by atoms with Crippen LogP contribution in [0.2, 0.25) is 5.02 Å². The summed E-state index contributed by atoms with van der Waals surface area (Å²) >= 11 is 14.3. The van der Waals surface area contributed by atoms with E-state index in [0.717, 1.165) is 14.8 Å². The third kappa shape index (κ3) is 2.50. The number of para-hydroxylation sites is 1. The van der Waals surface area contributed by atoms with Crippen LogP contribution in [0.25, 0.3) is 16.7 Å². The van der Waals surface area contributed by atoms with Gasteiger partial charge in [0, 0.05) is 8.59 Å². The second-order valence-electron chi connectivity index (χ2n) is 4.38. The van der Waals surface area contributed by atoms with E-state index in [-0.39, 0.29) is 5.88 Å². The number of alkyl halides is 1. The van der Waals surface area contributed by atoms with Gasteiger partial charge in [-0.25, -0.2) is 4.98 Å². The van der Waals surface area contributed by atoms with Crippen molar-refractivity contribution in [2.45, 2.75) is 5.88 Å². The van der Waals surface area contributed by atoms with Crippen LogP contribution in [-0.2, 0) is 5.88 Å². The summed E-state index contributed by atoms with van der Waals surface area (Å²) < 4.78 is 2.97. The number of benzene rings is 2. The van der Waals surface area contributed by atoms with Crippen molar-refractivity contribution in [3.05, 3.63) is 56.4 Å². The lowest BCUT2D eigenvalue weighted by Gasteiger charge is -2.10. The molecule has 0 saturated heterocycles. The first-order valence-corrected chi connectivity index (χ1v) is 8.06. The number of imidazole rings is 1. The number of aromatic nitrogens is 2. The van der Waals surface area contributed by atoms with E-state index in [1.807, 2.05) is 34.9 Å². The first-order chi connectivity index (χ1) is 10.2. The Bertz CT molecular complexity index is 880. The van der Waals surface area contributed by atoms with E-state index in [1.54, 1.807) is 6.07 Å². The molecule has 6 heteroatoms. The fourth-order valence-corrected chi connectivity index (χ4v) is 3.55. The summed E-state index contributed by atoms with van der Waals surface area (Å²) in [4.78, 5) is 4.51. The van der Waals surface area contributed by atoms with E-state index in [9.17, 15) is 5.26 Å². The van der Waals surface area contributed by atoms with Gasteiger partial charge in [-0.2, -0.15) is 5.26 Å². The molecule has 0 unspecified atom stereocenters. The quantitative estimate of drug-likeness (QED) is 0.431. The zero-order chi connectivity index (χ0) is 15.0. The van der Waals surface area contributed by atoms with Gasteiger partial charge in [0.15, 0.2) is 0 Å². The Labute approximate surface area is 145 Å². The molecule has 0 fully saturated rings. The fraction of sp³-hybridized carbons (Fsp3) is 0.0667. The van der Waals surface area contributed by atoms with Gasteiger partial charge in [0.25, 0.3) is 0 Å². The largest absolute Gasteiger partial charge is 0.294 e. The standard InChI is InChI=1S/C15H8Cl2IN3/c16-7-14-20-15-9(8-19)2-1-3-13(15)21(14)12-5-4-10(17)6-11(12)18/h1-6H,7H2. The summed E-state index contributed by atoms with van der Waals surface area (Å²) in [5.41, 5.74) is 3.03. The van der Waals surface area contributed by atoms with Gasteiger partial charge >= 0.3 is 0 Å². The second kappa shape index (κ2) is 5.84. The van der Waals surface area contributed by atoms with E-state index < -0.39 is 0 Å². The lowest BCUT2D eigenvalue weighted by molar-refractivity contribution is 0.977.